The van der Waals surface area contributed by atoms with Crippen molar-refractivity contribution in [2.45, 2.75) is 12.8 Å². The van der Waals surface area contributed by atoms with E-state index in [2.05, 4.69) is 25.4 Å². The molecule has 0 aliphatic carbocycles. The van der Waals surface area contributed by atoms with Gasteiger partial charge in [0.1, 0.15) is 0 Å². The van der Waals surface area contributed by atoms with Gasteiger partial charge in [0.05, 0.1) is 5.69 Å². The maximum atomic E-state index is 12.3. The molecule has 1 aliphatic rings. The largest absolute Gasteiger partial charge is 0.355 e. The molecule has 6 nitrogen and oxygen atoms in total. The van der Waals surface area contributed by atoms with Crippen LogP contribution in [0.3, 0.4) is 0 Å². The molecule has 26 heavy (non-hydrogen) atoms. The monoisotopic (exact) mass is 365 g/mol. The van der Waals surface area contributed by atoms with Gasteiger partial charge in [-0.2, -0.15) is 0 Å². The molecule has 4 rings (SSSR count). The number of nitrogens with zero attached hydrogens (tertiary/aromatic N) is 4. The van der Waals surface area contributed by atoms with E-state index >= 15 is 0 Å². The van der Waals surface area contributed by atoms with Gasteiger partial charge in [-0.1, -0.05) is 30.3 Å². The maximum Gasteiger partial charge on any atom is 0.229 e. The molecule has 0 spiro atoms. The van der Waals surface area contributed by atoms with Crippen LogP contribution in [0.5, 0.6) is 0 Å². The minimum atomic E-state index is 0.0201. The fourth-order valence-electron chi connectivity index (χ4n) is 3.12. The second-order valence-corrected chi connectivity index (χ2v) is 7.13. The Morgan fingerprint density at radius 2 is 1.88 bits per heavy atom. The quantitative estimate of drug-likeness (QED) is 0.767. The van der Waals surface area contributed by atoms with E-state index in [0.717, 1.165) is 43.0 Å². The average Bonchev–Trinajstić information content (AvgIpc) is 3.22. The van der Waals surface area contributed by atoms with Crippen LogP contribution < -0.4 is 10.2 Å². The normalized spacial score (nSPS) is 15.0. The molecule has 7 heteroatoms. The van der Waals surface area contributed by atoms with Gasteiger partial charge in [-0.15, -0.1) is 21.5 Å². The number of nitrogens with one attached hydrogen (secondary N) is 1. The number of aromatic nitrogens is 3. The van der Waals surface area contributed by atoms with Gasteiger partial charge in [-0.25, -0.2) is 4.98 Å². The van der Waals surface area contributed by atoms with Crippen molar-refractivity contribution in [3.8, 4) is 11.3 Å². The van der Waals surface area contributed by atoms with Crippen LogP contribution in [-0.4, -0.2) is 34.2 Å². The Morgan fingerprint density at radius 3 is 2.54 bits per heavy atom. The first-order valence-electron chi connectivity index (χ1n) is 8.64. The molecule has 3 heterocycles. The van der Waals surface area contributed by atoms with Crippen LogP contribution in [0.25, 0.3) is 11.3 Å². The van der Waals surface area contributed by atoms with Gasteiger partial charge >= 0.3 is 0 Å². The van der Waals surface area contributed by atoms with E-state index in [0.29, 0.717) is 5.13 Å². The third kappa shape index (κ3) is 3.72. The molecule has 0 bridgehead atoms. The van der Waals surface area contributed by atoms with Crippen molar-refractivity contribution in [2.24, 2.45) is 5.92 Å². The van der Waals surface area contributed by atoms with Crippen LogP contribution in [0, 0.1) is 5.92 Å². The van der Waals surface area contributed by atoms with E-state index in [1.54, 1.807) is 6.20 Å². The van der Waals surface area contributed by atoms with Crippen LogP contribution in [0.1, 0.15) is 12.8 Å². The van der Waals surface area contributed by atoms with Crippen molar-refractivity contribution >= 4 is 28.2 Å². The first kappa shape index (κ1) is 16.7. The number of thiazole rings is 1. The van der Waals surface area contributed by atoms with Crippen LogP contribution >= 0.6 is 11.3 Å². The minimum absolute atomic E-state index is 0.0201. The standard InChI is InChI=1S/C19H19N5OS/c25-18(21-19-20-10-13-26-19)15-8-11-24(12-9-15)17-7-6-16(22-23-17)14-4-2-1-3-5-14/h1-7,10,13,15H,8-9,11-12H2,(H,20,21,25). The molecule has 1 saturated heterocycles. The molecular weight excluding hydrogens is 346 g/mol. The summed E-state index contributed by atoms with van der Waals surface area (Å²) in [4.78, 5) is 18.6. The van der Waals surface area contributed by atoms with Crippen LogP contribution in [0.2, 0.25) is 0 Å². The summed E-state index contributed by atoms with van der Waals surface area (Å²) in [5.74, 6) is 0.945. The van der Waals surface area contributed by atoms with E-state index < -0.39 is 0 Å². The molecule has 0 atom stereocenters. The second kappa shape index (κ2) is 7.61. The van der Waals surface area contributed by atoms with Crippen molar-refractivity contribution in [1.29, 1.82) is 0 Å². The highest BCUT2D eigenvalue weighted by molar-refractivity contribution is 7.13. The Labute approximate surface area is 155 Å². The van der Waals surface area contributed by atoms with E-state index in [9.17, 15) is 4.79 Å². The number of rotatable bonds is 4. The summed E-state index contributed by atoms with van der Waals surface area (Å²) < 4.78 is 0. The molecule has 3 aromatic rings. The van der Waals surface area contributed by atoms with Crippen molar-refractivity contribution in [3.63, 3.8) is 0 Å². The smallest absolute Gasteiger partial charge is 0.229 e. The first-order chi connectivity index (χ1) is 12.8. The second-order valence-electron chi connectivity index (χ2n) is 6.23. The molecular formula is C19H19N5OS. The Hall–Kier alpha value is -2.80. The Bertz CT molecular complexity index is 843. The average molecular weight is 365 g/mol. The summed E-state index contributed by atoms with van der Waals surface area (Å²) in [5, 5.41) is 14.1. The summed E-state index contributed by atoms with van der Waals surface area (Å²) in [5.41, 5.74) is 1.93. The number of hydrogen-bond donors (Lipinski definition) is 1. The van der Waals surface area contributed by atoms with E-state index in [1.807, 2.05) is 47.8 Å². The third-order valence-corrected chi connectivity index (χ3v) is 5.26. The van der Waals surface area contributed by atoms with Crippen LogP contribution in [0.4, 0.5) is 10.9 Å². The van der Waals surface area contributed by atoms with Crippen LogP contribution in [0.15, 0.2) is 54.0 Å². The summed E-state index contributed by atoms with van der Waals surface area (Å²) >= 11 is 1.44. The molecule has 0 unspecified atom stereocenters. The topological polar surface area (TPSA) is 71.0 Å². The number of hydrogen-bond acceptors (Lipinski definition) is 6. The number of carbonyl (C=O) groups excluding carboxylic acids is 1. The lowest BCUT2D eigenvalue weighted by Crippen LogP contribution is -2.38. The van der Waals surface area contributed by atoms with E-state index in [1.165, 1.54) is 11.3 Å². The highest BCUT2D eigenvalue weighted by Gasteiger charge is 2.26. The van der Waals surface area contributed by atoms with Gasteiger partial charge in [0.15, 0.2) is 10.9 Å². The van der Waals surface area contributed by atoms with Crippen molar-refractivity contribution in [1.82, 2.24) is 15.2 Å². The molecule has 1 N–H and O–H groups in total. The highest BCUT2D eigenvalue weighted by Crippen LogP contribution is 2.24. The van der Waals surface area contributed by atoms with Crippen LogP contribution in [-0.2, 0) is 4.79 Å². The Morgan fingerprint density at radius 1 is 1.08 bits per heavy atom. The van der Waals surface area contributed by atoms with Gasteiger partial charge in [0.25, 0.3) is 0 Å². The van der Waals surface area contributed by atoms with Gasteiger partial charge in [0.2, 0.25) is 5.91 Å². The molecule has 0 saturated carbocycles. The lowest BCUT2D eigenvalue weighted by atomic mass is 9.96. The Balaban J connectivity index is 1.35. The van der Waals surface area contributed by atoms with Gasteiger partial charge < -0.3 is 10.2 Å². The summed E-state index contributed by atoms with van der Waals surface area (Å²) in [7, 11) is 0. The Kier molecular flexibility index (Phi) is 4.88. The SMILES string of the molecule is O=C(Nc1nccs1)C1CCN(c2ccc(-c3ccccc3)nn2)CC1. The molecule has 1 amide bonds. The fraction of sp³-hybridized carbons (Fsp3) is 0.263. The summed E-state index contributed by atoms with van der Waals surface area (Å²) in [6.07, 6.45) is 3.30. The number of anilines is 2. The maximum absolute atomic E-state index is 12.3. The molecule has 2 aromatic heterocycles. The zero-order valence-corrected chi connectivity index (χ0v) is 15.0. The number of carbonyl (C=O) groups is 1. The zero-order valence-electron chi connectivity index (χ0n) is 14.2. The number of piperidine rings is 1. The number of benzene rings is 1. The predicted octanol–water partition coefficient (Wildman–Crippen LogP) is 3.46. The zero-order chi connectivity index (χ0) is 17.8. The molecule has 1 aliphatic heterocycles. The molecule has 1 fully saturated rings. The van der Waals surface area contributed by atoms with E-state index in [4.69, 9.17) is 0 Å². The predicted molar refractivity (Wildman–Crippen MR) is 103 cm³/mol. The van der Waals surface area contributed by atoms with Gasteiger partial charge in [-0.05, 0) is 25.0 Å². The third-order valence-electron chi connectivity index (χ3n) is 4.57. The van der Waals surface area contributed by atoms with Gasteiger partial charge in [-0.3, -0.25) is 4.79 Å². The number of amides is 1. The molecule has 132 valence electrons. The lowest BCUT2D eigenvalue weighted by Gasteiger charge is -2.31. The van der Waals surface area contributed by atoms with Crippen molar-refractivity contribution < 1.29 is 4.79 Å². The lowest BCUT2D eigenvalue weighted by molar-refractivity contribution is -0.120. The summed E-state index contributed by atoms with van der Waals surface area (Å²) in [6, 6.07) is 14.0. The van der Waals surface area contributed by atoms with Crippen molar-refractivity contribution in [2.75, 3.05) is 23.3 Å². The minimum Gasteiger partial charge on any atom is -0.355 e. The molecule has 1 aromatic carbocycles. The summed E-state index contributed by atoms with van der Waals surface area (Å²) in [6.45, 7) is 1.60. The fourth-order valence-corrected chi connectivity index (χ4v) is 3.65. The van der Waals surface area contributed by atoms with E-state index in [-0.39, 0.29) is 11.8 Å². The highest BCUT2D eigenvalue weighted by atomic mass is 32.1. The van der Waals surface area contributed by atoms with Crippen molar-refractivity contribution in [3.05, 3.63) is 54.0 Å². The molecule has 0 radical (unpaired) electrons. The first-order valence-corrected chi connectivity index (χ1v) is 9.52. The van der Waals surface area contributed by atoms with Gasteiger partial charge in [0, 0.05) is 36.1 Å².